The van der Waals surface area contributed by atoms with Gasteiger partial charge in [-0.05, 0) is 58.8 Å². The lowest BCUT2D eigenvalue weighted by Gasteiger charge is -2.33. The lowest BCUT2D eigenvalue weighted by atomic mass is 9.96. The van der Waals surface area contributed by atoms with Crippen LogP contribution in [0.15, 0.2) is 28.7 Å². The van der Waals surface area contributed by atoms with Gasteiger partial charge in [0.05, 0.1) is 0 Å². The van der Waals surface area contributed by atoms with E-state index in [1.165, 1.54) is 5.56 Å². The predicted octanol–water partition coefficient (Wildman–Crippen LogP) is 3.63. The van der Waals surface area contributed by atoms with E-state index in [4.69, 9.17) is 4.42 Å². The molecule has 0 unspecified atom stereocenters. The largest absolute Gasteiger partial charge is 0.420 e. The van der Waals surface area contributed by atoms with Gasteiger partial charge >= 0.3 is 0 Å². The van der Waals surface area contributed by atoms with Gasteiger partial charge in [-0.25, -0.2) is 0 Å². The van der Waals surface area contributed by atoms with Crippen molar-refractivity contribution in [1.29, 1.82) is 0 Å². The van der Waals surface area contributed by atoms with Gasteiger partial charge in [0.25, 0.3) is 0 Å². The van der Waals surface area contributed by atoms with Crippen LogP contribution in [0, 0.1) is 6.92 Å². The van der Waals surface area contributed by atoms with Gasteiger partial charge in [-0.2, -0.15) is 0 Å². The van der Waals surface area contributed by atoms with Crippen LogP contribution >= 0.6 is 0 Å². The highest BCUT2D eigenvalue weighted by Crippen LogP contribution is 2.29. The highest BCUT2D eigenvalue weighted by Gasteiger charge is 2.26. The van der Waals surface area contributed by atoms with Crippen LogP contribution in [0.1, 0.15) is 44.1 Å². The summed E-state index contributed by atoms with van der Waals surface area (Å²) in [5, 5.41) is 8.49. The van der Waals surface area contributed by atoms with E-state index in [0.717, 1.165) is 37.4 Å². The first-order valence-electron chi connectivity index (χ1n) is 7.78. The minimum absolute atomic E-state index is 0.409. The van der Waals surface area contributed by atoms with Crippen LogP contribution < -0.4 is 0 Å². The first kappa shape index (κ1) is 14.3. The molecule has 4 nitrogen and oxygen atoms in total. The summed E-state index contributed by atoms with van der Waals surface area (Å²) >= 11 is 0. The Morgan fingerprint density at radius 3 is 2.38 bits per heavy atom. The Hall–Kier alpha value is -1.68. The smallest absolute Gasteiger partial charge is 0.247 e. The molecule has 2 aromatic rings. The molecular weight excluding hydrogens is 262 g/mol. The second-order valence-electron chi connectivity index (χ2n) is 6.22. The van der Waals surface area contributed by atoms with Gasteiger partial charge in [0.2, 0.25) is 11.8 Å². The molecule has 0 amide bonds. The monoisotopic (exact) mass is 285 g/mol. The van der Waals surface area contributed by atoms with Gasteiger partial charge in [0.15, 0.2) is 0 Å². The highest BCUT2D eigenvalue weighted by molar-refractivity contribution is 5.52. The molecule has 0 saturated carbocycles. The van der Waals surface area contributed by atoms with Crippen LogP contribution in [0.25, 0.3) is 11.5 Å². The zero-order valence-corrected chi connectivity index (χ0v) is 13.0. The van der Waals surface area contributed by atoms with Crippen LogP contribution in [0.4, 0.5) is 0 Å². The maximum absolute atomic E-state index is 5.90. The van der Waals surface area contributed by atoms with Crippen molar-refractivity contribution in [2.75, 3.05) is 13.1 Å². The first-order chi connectivity index (χ1) is 10.1. The van der Waals surface area contributed by atoms with Crippen LogP contribution in [0.2, 0.25) is 0 Å². The lowest BCUT2D eigenvalue weighted by molar-refractivity contribution is 0.163. The summed E-state index contributed by atoms with van der Waals surface area (Å²) in [6.45, 7) is 8.81. The molecule has 0 spiro atoms. The summed E-state index contributed by atoms with van der Waals surface area (Å²) in [7, 11) is 0. The number of likely N-dealkylation sites (tertiary alicyclic amines) is 1. The van der Waals surface area contributed by atoms with E-state index in [1.807, 2.05) is 12.1 Å². The van der Waals surface area contributed by atoms with E-state index in [-0.39, 0.29) is 0 Å². The fourth-order valence-corrected chi connectivity index (χ4v) is 2.88. The topological polar surface area (TPSA) is 42.2 Å². The number of hydrogen-bond donors (Lipinski definition) is 0. The van der Waals surface area contributed by atoms with Crippen LogP contribution in [-0.4, -0.2) is 34.2 Å². The van der Waals surface area contributed by atoms with Crippen molar-refractivity contribution in [2.45, 2.75) is 45.6 Å². The van der Waals surface area contributed by atoms with E-state index in [0.29, 0.717) is 17.9 Å². The molecule has 1 aliphatic rings. The number of piperidine rings is 1. The molecule has 3 rings (SSSR count). The van der Waals surface area contributed by atoms with Crippen LogP contribution in [0.3, 0.4) is 0 Å². The number of aromatic nitrogens is 2. The van der Waals surface area contributed by atoms with Crippen LogP contribution in [-0.2, 0) is 0 Å². The molecule has 1 aromatic carbocycles. The average molecular weight is 285 g/mol. The van der Waals surface area contributed by atoms with E-state index >= 15 is 0 Å². The summed E-state index contributed by atoms with van der Waals surface area (Å²) in [5.41, 5.74) is 2.23. The van der Waals surface area contributed by atoms with Gasteiger partial charge in [0, 0.05) is 17.5 Å². The summed E-state index contributed by atoms with van der Waals surface area (Å²) in [5.74, 6) is 1.84. The summed E-state index contributed by atoms with van der Waals surface area (Å²) in [6, 6.07) is 8.83. The Labute approximate surface area is 126 Å². The summed E-state index contributed by atoms with van der Waals surface area (Å²) in [6.07, 6.45) is 2.21. The summed E-state index contributed by atoms with van der Waals surface area (Å²) in [4.78, 5) is 2.51. The van der Waals surface area contributed by atoms with Gasteiger partial charge in [0.1, 0.15) is 0 Å². The molecule has 0 radical (unpaired) electrons. The molecule has 2 heterocycles. The third-order valence-electron chi connectivity index (χ3n) is 4.35. The highest BCUT2D eigenvalue weighted by atomic mass is 16.4. The fourth-order valence-electron chi connectivity index (χ4n) is 2.88. The zero-order chi connectivity index (χ0) is 14.8. The number of benzene rings is 1. The third-order valence-corrected chi connectivity index (χ3v) is 4.35. The van der Waals surface area contributed by atoms with Crippen molar-refractivity contribution in [3.63, 3.8) is 0 Å². The molecular formula is C17H23N3O. The van der Waals surface area contributed by atoms with Crippen molar-refractivity contribution < 1.29 is 4.42 Å². The molecule has 0 atom stereocenters. The Kier molecular flexibility index (Phi) is 4.06. The van der Waals surface area contributed by atoms with Crippen molar-refractivity contribution in [3.05, 3.63) is 35.7 Å². The van der Waals surface area contributed by atoms with Gasteiger partial charge < -0.3 is 9.32 Å². The first-order valence-corrected chi connectivity index (χ1v) is 7.78. The van der Waals surface area contributed by atoms with E-state index in [1.54, 1.807) is 0 Å². The third kappa shape index (κ3) is 3.16. The van der Waals surface area contributed by atoms with Crippen molar-refractivity contribution in [1.82, 2.24) is 15.1 Å². The number of aryl methyl sites for hydroxylation is 1. The minimum atomic E-state index is 0.409. The van der Waals surface area contributed by atoms with Crippen molar-refractivity contribution >= 4 is 0 Å². The second-order valence-corrected chi connectivity index (χ2v) is 6.22. The average Bonchev–Trinajstić information content (AvgIpc) is 2.98. The van der Waals surface area contributed by atoms with Crippen molar-refractivity contribution in [3.8, 4) is 11.5 Å². The molecule has 1 aromatic heterocycles. The molecule has 1 aliphatic heterocycles. The number of nitrogens with zero attached hydrogens (tertiary/aromatic N) is 3. The van der Waals surface area contributed by atoms with Gasteiger partial charge in [-0.1, -0.05) is 17.7 Å². The molecule has 21 heavy (non-hydrogen) atoms. The van der Waals surface area contributed by atoms with Crippen LogP contribution in [0.5, 0.6) is 0 Å². The Morgan fingerprint density at radius 2 is 1.76 bits per heavy atom. The standard InChI is InChI=1S/C17H23N3O/c1-12(2)20-10-8-15(9-11-20)17-19-18-16(21-17)14-6-4-13(3)5-7-14/h4-7,12,15H,8-11H2,1-3H3. The van der Waals surface area contributed by atoms with E-state index in [9.17, 15) is 0 Å². The Bertz CT molecular complexity index is 580. The Morgan fingerprint density at radius 1 is 1.10 bits per heavy atom. The molecule has 4 heteroatoms. The fraction of sp³-hybridized carbons (Fsp3) is 0.529. The molecule has 0 bridgehead atoms. The molecule has 1 saturated heterocycles. The van der Waals surface area contributed by atoms with E-state index in [2.05, 4.69) is 48.0 Å². The minimum Gasteiger partial charge on any atom is -0.420 e. The maximum atomic E-state index is 5.90. The molecule has 1 fully saturated rings. The Balaban J connectivity index is 1.70. The number of hydrogen-bond acceptors (Lipinski definition) is 4. The predicted molar refractivity (Wildman–Crippen MR) is 83.2 cm³/mol. The maximum Gasteiger partial charge on any atom is 0.247 e. The normalized spacial score (nSPS) is 17.5. The molecule has 0 N–H and O–H groups in total. The van der Waals surface area contributed by atoms with Gasteiger partial charge in [-0.3, -0.25) is 0 Å². The SMILES string of the molecule is Cc1ccc(-c2nnc(C3CCN(C(C)C)CC3)o2)cc1. The molecule has 0 aliphatic carbocycles. The number of rotatable bonds is 3. The van der Waals surface area contributed by atoms with E-state index < -0.39 is 0 Å². The quantitative estimate of drug-likeness (QED) is 0.863. The lowest BCUT2D eigenvalue weighted by Crippen LogP contribution is -2.37. The summed E-state index contributed by atoms with van der Waals surface area (Å²) < 4.78 is 5.90. The second kappa shape index (κ2) is 5.98. The zero-order valence-electron chi connectivity index (χ0n) is 13.0. The molecule has 112 valence electrons. The van der Waals surface area contributed by atoms with Gasteiger partial charge in [-0.15, -0.1) is 10.2 Å². The van der Waals surface area contributed by atoms with Crippen molar-refractivity contribution in [2.24, 2.45) is 0 Å².